The van der Waals surface area contributed by atoms with Crippen LogP contribution in [0.15, 0.2) is 42.7 Å². The topological polar surface area (TPSA) is 86.1 Å². The van der Waals surface area contributed by atoms with Crippen molar-refractivity contribution in [3.05, 3.63) is 48.3 Å². The minimum atomic E-state index is -0.621. The standard InChI is InChI=1S/C30H40N4O5/c1-7-8-9-19-38-26-20-22(11-12-25(26)37-6)33-17-10-16-32(28(33)35)21(2)23-13-15-31-27-24(23)14-18-34(27)29(36)39-30(3,4)5/h11-15,18,20-21H,7-10,16-17,19H2,1-6H3. The number of rotatable bonds is 9. The van der Waals surface area contributed by atoms with Gasteiger partial charge in [0.05, 0.1) is 19.8 Å². The molecule has 3 aromatic rings. The zero-order valence-electron chi connectivity index (χ0n) is 23.9. The van der Waals surface area contributed by atoms with Gasteiger partial charge in [-0.1, -0.05) is 19.8 Å². The molecular weight excluding hydrogens is 496 g/mol. The summed E-state index contributed by atoms with van der Waals surface area (Å²) in [6.45, 7) is 11.5. The van der Waals surface area contributed by atoms with Gasteiger partial charge < -0.3 is 19.1 Å². The van der Waals surface area contributed by atoms with Crippen LogP contribution in [0.3, 0.4) is 0 Å². The summed E-state index contributed by atoms with van der Waals surface area (Å²) >= 11 is 0. The predicted molar refractivity (Wildman–Crippen MR) is 152 cm³/mol. The van der Waals surface area contributed by atoms with Crippen molar-refractivity contribution in [2.45, 2.75) is 71.9 Å². The van der Waals surface area contributed by atoms with E-state index < -0.39 is 11.7 Å². The fourth-order valence-corrected chi connectivity index (χ4v) is 4.87. The Morgan fingerprint density at radius 1 is 1.10 bits per heavy atom. The van der Waals surface area contributed by atoms with E-state index >= 15 is 0 Å². The summed E-state index contributed by atoms with van der Waals surface area (Å²) in [5, 5.41) is 0.813. The summed E-state index contributed by atoms with van der Waals surface area (Å²) < 4.78 is 18.5. The first kappa shape index (κ1) is 28.3. The number of carbonyl (C=O) groups excluding carboxylic acids is 2. The zero-order chi connectivity index (χ0) is 28.2. The van der Waals surface area contributed by atoms with Crippen molar-refractivity contribution in [3.63, 3.8) is 0 Å². The Kier molecular flexibility index (Phi) is 8.67. The highest BCUT2D eigenvalue weighted by Gasteiger charge is 2.32. The van der Waals surface area contributed by atoms with Gasteiger partial charge in [-0.2, -0.15) is 0 Å². The molecule has 9 nitrogen and oxygen atoms in total. The molecule has 0 radical (unpaired) electrons. The van der Waals surface area contributed by atoms with E-state index in [1.54, 1.807) is 24.4 Å². The maximum Gasteiger partial charge on any atom is 0.420 e. The van der Waals surface area contributed by atoms with Crippen molar-refractivity contribution in [2.75, 3.05) is 31.7 Å². The number of amides is 2. The lowest BCUT2D eigenvalue weighted by molar-refractivity contribution is 0.0543. The second-order valence-electron chi connectivity index (χ2n) is 10.9. The van der Waals surface area contributed by atoms with Crippen LogP contribution < -0.4 is 14.4 Å². The van der Waals surface area contributed by atoms with Crippen molar-refractivity contribution in [2.24, 2.45) is 0 Å². The zero-order valence-corrected chi connectivity index (χ0v) is 23.9. The number of nitrogens with zero attached hydrogens (tertiary/aromatic N) is 4. The molecular formula is C30H40N4O5. The highest BCUT2D eigenvalue weighted by atomic mass is 16.6. The summed E-state index contributed by atoms with van der Waals surface area (Å²) in [6, 6.07) is 9.10. The van der Waals surface area contributed by atoms with Crippen molar-refractivity contribution in [1.82, 2.24) is 14.5 Å². The second kappa shape index (κ2) is 12.0. The largest absolute Gasteiger partial charge is 0.493 e. The fraction of sp³-hybridized carbons (Fsp3) is 0.500. The first-order valence-electron chi connectivity index (χ1n) is 13.7. The van der Waals surface area contributed by atoms with Crippen LogP contribution >= 0.6 is 0 Å². The smallest absolute Gasteiger partial charge is 0.420 e. The maximum absolute atomic E-state index is 13.8. The molecule has 0 aliphatic carbocycles. The number of anilines is 1. The molecule has 1 aliphatic heterocycles. The molecule has 210 valence electrons. The number of aromatic nitrogens is 2. The minimum absolute atomic E-state index is 0.0765. The summed E-state index contributed by atoms with van der Waals surface area (Å²) in [7, 11) is 1.62. The number of benzene rings is 1. The first-order valence-corrected chi connectivity index (χ1v) is 13.7. The fourth-order valence-electron chi connectivity index (χ4n) is 4.87. The van der Waals surface area contributed by atoms with Gasteiger partial charge >= 0.3 is 12.1 Å². The molecule has 1 aromatic carbocycles. The molecule has 1 aliphatic rings. The Morgan fingerprint density at radius 3 is 2.62 bits per heavy atom. The molecule has 2 aromatic heterocycles. The Hall–Kier alpha value is -3.75. The van der Waals surface area contributed by atoms with E-state index in [9.17, 15) is 9.59 Å². The van der Waals surface area contributed by atoms with Gasteiger partial charge in [0.2, 0.25) is 0 Å². The predicted octanol–water partition coefficient (Wildman–Crippen LogP) is 6.79. The normalized spacial score (nSPS) is 15.0. The molecule has 0 saturated carbocycles. The van der Waals surface area contributed by atoms with Crippen LogP contribution in [0, 0.1) is 0 Å². The third-order valence-electron chi connectivity index (χ3n) is 6.85. The number of pyridine rings is 1. The van der Waals surface area contributed by atoms with E-state index in [0.717, 1.165) is 42.3 Å². The van der Waals surface area contributed by atoms with Gasteiger partial charge in [-0.3, -0.25) is 4.90 Å². The summed E-state index contributed by atoms with van der Waals surface area (Å²) in [4.78, 5) is 34.7. The van der Waals surface area contributed by atoms with E-state index in [4.69, 9.17) is 14.2 Å². The van der Waals surface area contributed by atoms with Crippen LogP contribution in [-0.4, -0.2) is 59.0 Å². The van der Waals surface area contributed by atoms with Crippen LogP contribution in [0.4, 0.5) is 15.3 Å². The third-order valence-corrected chi connectivity index (χ3v) is 6.85. The van der Waals surface area contributed by atoms with Crippen LogP contribution in [-0.2, 0) is 4.74 Å². The lowest BCUT2D eigenvalue weighted by Gasteiger charge is -2.39. The Bertz CT molecular complexity index is 1310. The Labute approximate surface area is 230 Å². The van der Waals surface area contributed by atoms with E-state index in [1.165, 1.54) is 4.57 Å². The van der Waals surface area contributed by atoms with Crippen LogP contribution in [0.1, 0.15) is 71.9 Å². The number of ether oxygens (including phenoxy) is 3. The molecule has 39 heavy (non-hydrogen) atoms. The average molecular weight is 537 g/mol. The number of unbranched alkanes of at least 4 members (excludes halogenated alkanes) is 2. The molecule has 1 fully saturated rings. The van der Waals surface area contributed by atoms with Gasteiger partial charge in [0.15, 0.2) is 11.5 Å². The third kappa shape index (κ3) is 6.29. The van der Waals surface area contributed by atoms with Gasteiger partial charge in [-0.05, 0) is 70.4 Å². The number of hydrogen-bond donors (Lipinski definition) is 0. The van der Waals surface area contributed by atoms with E-state index in [0.29, 0.717) is 36.8 Å². The van der Waals surface area contributed by atoms with Gasteiger partial charge in [0.1, 0.15) is 11.2 Å². The highest BCUT2D eigenvalue weighted by molar-refractivity contribution is 5.94. The van der Waals surface area contributed by atoms with Gasteiger partial charge in [0.25, 0.3) is 0 Å². The molecule has 2 amide bonds. The number of fused-ring (bicyclic) bond motifs is 1. The lowest BCUT2D eigenvalue weighted by Crippen LogP contribution is -2.50. The van der Waals surface area contributed by atoms with Gasteiger partial charge in [0, 0.05) is 42.6 Å². The molecule has 1 saturated heterocycles. The molecule has 1 atom stereocenters. The highest BCUT2D eigenvalue weighted by Crippen LogP contribution is 2.35. The van der Waals surface area contributed by atoms with Gasteiger partial charge in [-0.15, -0.1) is 0 Å². The number of urea groups is 1. The van der Waals surface area contributed by atoms with Gasteiger partial charge in [-0.25, -0.2) is 19.1 Å². The quantitative estimate of drug-likeness (QED) is 0.280. The molecule has 9 heteroatoms. The SMILES string of the molecule is CCCCCOc1cc(N2CCCN(C(C)c3ccnc4c3ccn4C(=O)OC(C)(C)C)C2=O)ccc1OC. The summed E-state index contributed by atoms with van der Waals surface area (Å²) in [5.41, 5.74) is 1.59. The van der Waals surface area contributed by atoms with Crippen molar-refractivity contribution in [1.29, 1.82) is 0 Å². The minimum Gasteiger partial charge on any atom is -0.493 e. The van der Waals surface area contributed by atoms with Crippen molar-refractivity contribution >= 4 is 28.8 Å². The Balaban J connectivity index is 1.57. The lowest BCUT2D eigenvalue weighted by atomic mass is 10.0. The van der Waals surface area contributed by atoms with E-state index in [1.807, 2.05) is 62.9 Å². The summed E-state index contributed by atoms with van der Waals surface area (Å²) in [6.07, 6.45) is 6.87. The molecule has 0 bridgehead atoms. The van der Waals surface area contributed by atoms with Crippen LogP contribution in [0.2, 0.25) is 0 Å². The Morgan fingerprint density at radius 2 is 1.90 bits per heavy atom. The molecule has 4 rings (SSSR count). The summed E-state index contributed by atoms with van der Waals surface area (Å²) in [5.74, 6) is 1.29. The van der Waals surface area contributed by atoms with Crippen molar-refractivity contribution < 1.29 is 23.8 Å². The van der Waals surface area contributed by atoms with E-state index in [-0.39, 0.29) is 12.1 Å². The monoisotopic (exact) mass is 536 g/mol. The van der Waals surface area contributed by atoms with Crippen LogP contribution in [0.25, 0.3) is 11.0 Å². The molecule has 0 spiro atoms. The molecule has 0 N–H and O–H groups in total. The first-order chi connectivity index (χ1) is 18.6. The molecule has 3 heterocycles. The number of hydrogen-bond acceptors (Lipinski definition) is 6. The average Bonchev–Trinajstić information content (AvgIpc) is 3.34. The van der Waals surface area contributed by atoms with Crippen molar-refractivity contribution in [3.8, 4) is 11.5 Å². The maximum atomic E-state index is 13.8. The number of methoxy groups -OCH3 is 1. The van der Waals surface area contributed by atoms with Crippen LogP contribution in [0.5, 0.6) is 11.5 Å². The number of carbonyl (C=O) groups is 2. The second-order valence-corrected chi connectivity index (χ2v) is 10.9. The molecule has 1 unspecified atom stereocenters. The van der Waals surface area contributed by atoms with E-state index in [2.05, 4.69) is 11.9 Å².